The first-order valence-corrected chi connectivity index (χ1v) is 10.3. The summed E-state index contributed by atoms with van der Waals surface area (Å²) in [5.74, 6) is 0.732. The number of thioether (sulfide) groups is 1. The highest BCUT2D eigenvalue weighted by molar-refractivity contribution is 8.00. The van der Waals surface area contributed by atoms with Gasteiger partial charge in [-0.15, -0.1) is 11.8 Å². The molecule has 1 aromatic rings. The molecule has 3 atom stereocenters. The van der Waals surface area contributed by atoms with Gasteiger partial charge in [0.25, 0.3) is 0 Å². The second-order valence-electron chi connectivity index (χ2n) is 7.38. The zero-order chi connectivity index (χ0) is 19.1. The van der Waals surface area contributed by atoms with Crippen molar-refractivity contribution in [2.24, 2.45) is 5.92 Å². The highest BCUT2D eigenvalue weighted by Gasteiger charge is 2.21. The molecule has 0 aromatic heterocycles. The molecule has 2 N–H and O–H groups in total. The highest BCUT2D eigenvalue weighted by Crippen LogP contribution is 2.25. The third-order valence-corrected chi connectivity index (χ3v) is 5.63. The van der Waals surface area contributed by atoms with Crippen molar-refractivity contribution in [1.29, 1.82) is 0 Å². The van der Waals surface area contributed by atoms with E-state index in [1.165, 1.54) is 31.5 Å². The molecule has 0 radical (unpaired) electrons. The third kappa shape index (κ3) is 7.00. The molecule has 0 spiro atoms. The average molecular weight is 378 g/mol. The second kappa shape index (κ2) is 9.97. The van der Waals surface area contributed by atoms with Crippen LogP contribution in [0.3, 0.4) is 0 Å². The molecule has 0 aliphatic carbocycles. The first kappa shape index (κ1) is 20.8. The molecule has 5 nitrogen and oxygen atoms in total. The van der Waals surface area contributed by atoms with E-state index in [1.807, 2.05) is 31.2 Å². The summed E-state index contributed by atoms with van der Waals surface area (Å²) in [6.45, 7) is 11.0. The summed E-state index contributed by atoms with van der Waals surface area (Å²) in [7, 11) is 0. The SMILES string of the molecule is CC(=O)Nc1ccc(SC(C)C(=O)NC(C)CN2CCCC(C)C2)cc1. The molecule has 144 valence electrons. The maximum absolute atomic E-state index is 12.5. The van der Waals surface area contributed by atoms with E-state index >= 15 is 0 Å². The Kier molecular flexibility index (Phi) is 7.97. The Morgan fingerprint density at radius 3 is 2.58 bits per heavy atom. The maximum atomic E-state index is 12.5. The van der Waals surface area contributed by atoms with Gasteiger partial charge in [-0.3, -0.25) is 9.59 Å². The summed E-state index contributed by atoms with van der Waals surface area (Å²) in [5.41, 5.74) is 0.767. The number of amides is 2. The third-order valence-electron chi connectivity index (χ3n) is 4.52. The Hall–Kier alpha value is -1.53. The zero-order valence-electron chi connectivity index (χ0n) is 16.2. The van der Waals surface area contributed by atoms with Crippen LogP contribution in [0.1, 0.15) is 40.5 Å². The van der Waals surface area contributed by atoms with Crippen LogP contribution in [0.25, 0.3) is 0 Å². The molecule has 1 saturated heterocycles. The summed E-state index contributed by atoms with van der Waals surface area (Å²) < 4.78 is 0. The molecule has 2 amide bonds. The molecule has 3 unspecified atom stereocenters. The number of nitrogens with one attached hydrogen (secondary N) is 2. The number of piperidine rings is 1. The fourth-order valence-corrected chi connectivity index (χ4v) is 4.20. The molecule has 0 bridgehead atoms. The molecular formula is C20H31N3O2S. The maximum Gasteiger partial charge on any atom is 0.233 e. The standard InChI is InChI=1S/C20H31N3O2S/c1-14-6-5-11-23(12-14)13-15(2)21-20(25)16(3)26-19-9-7-18(8-10-19)22-17(4)24/h7-10,14-16H,5-6,11-13H2,1-4H3,(H,21,25)(H,22,24). The van der Waals surface area contributed by atoms with Crippen molar-refractivity contribution in [1.82, 2.24) is 10.2 Å². The number of benzene rings is 1. The van der Waals surface area contributed by atoms with Gasteiger partial charge in [-0.1, -0.05) is 6.92 Å². The van der Waals surface area contributed by atoms with Crippen molar-refractivity contribution in [3.8, 4) is 0 Å². The van der Waals surface area contributed by atoms with Crippen molar-refractivity contribution in [3.05, 3.63) is 24.3 Å². The van der Waals surface area contributed by atoms with Gasteiger partial charge in [-0.05, 0) is 63.4 Å². The normalized spacial score (nSPS) is 20.2. The van der Waals surface area contributed by atoms with E-state index in [-0.39, 0.29) is 23.1 Å². The van der Waals surface area contributed by atoms with Crippen molar-refractivity contribution in [2.45, 2.75) is 56.7 Å². The number of hydrogen-bond acceptors (Lipinski definition) is 4. The van der Waals surface area contributed by atoms with Gasteiger partial charge >= 0.3 is 0 Å². The molecule has 1 aromatic carbocycles. The largest absolute Gasteiger partial charge is 0.351 e. The van der Waals surface area contributed by atoms with Gasteiger partial charge in [-0.25, -0.2) is 0 Å². The van der Waals surface area contributed by atoms with Gasteiger partial charge in [0.1, 0.15) is 0 Å². The predicted molar refractivity (Wildman–Crippen MR) is 109 cm³/mol. The van der Waals surface area contributed by atoms with Crippen molar-refractivity contribution < 1.29 is 9.59 Å². The van der Waals surface area contributed by atoms with Crippen LogP contribution in [0.15, 0.2) is 29.2 Å². The van der Waals surface area contributed by atoms with Crippen LogP contribution in [-0.4, -0.2) is 47.6 Å². The Morgan fingerprint density at radius 1 is 1.27 bits per heavy atom. The van der Waals surface area contributed by atoms with Crippen LogP contribution >= 0.6 is 11.8 Å². The second-order valence-corrected chi connectivity index (χ2v) is 8.80. The van der Waals surface area contributed by atoms with E-state index in [9.17, 15) is 9.59 Å². The van der Waals surface area contributed by atoms with Gasteiger partial charge < -0.3 is 15.5 Å². The van der Waals surface area contributed by atoms with Crippen molar-refractivity contribution in [2.75, 3.05) is 25.0 Å². The van der Waals surface area contributed by atoms with E-state index in [2.05, 4.69) is 29.4 Å². The molecule has 6 heteroatoms. The number of nitrogens with zero attached hydrogens (tertiary/aromatic N) is 1. The smallest absolute Gasteiger partial charge is 0.233 e. The Morgan fingerprint density at radius 2 is 1.96 bits per heavy atom. The van der Waals surface area contributed by atoms with E-state index in [4.69, 9.17) is 0 Å². The Bertz CT molecular complexity index is 606. The molecule has 1 aliphatic heterocycles. The Balaban J connectivity index is 1.78. The Labute approximate surface area is 161 Å². The van der Waals surface area contributed by atoms with E-state index in [1.54, 1.807) is 0 Å². The molecule has 1 heterocycles. The minimum absolute atomic E-state index is 0.0681. The van der Waals surface area contributed by atoms with Gasteiger partial charge in [0.05, 0.1) is 5.25 Å². The fourth-order valence-electron chi connectivity index (χ4n) is 3.32. The topological polar surface area (TPSA) is 61.4 Å². The van der Waals surface area contributed by atoms with Gasteiger partial charge in [-0.2, -0.15) is 0 Å². The summed E-state index contributed by atoms with van der Waals surface area (Å²) in [6, 6.07) is 7.72. The van der Waals surface area contributed by atoms with Crippen LogP contribution in [0, 0.1) is 5.92 Å². The van der Waals surface area contributed by atoms with Crippen molar-refractivity contribution in [3.63, 3.8) is 0 Å². The lowest BCUT2D eigenvalue weighted by Crippen LogP contribution is -2.46. The molecule has 0 saturated carbocycles. The summed E-state index contributed by atoms with van der Waals surface area (Å²) in [4.78, 5) is 27.0. The number of carbonyl (C=O) groups excluding carboxylic acids is 2. The van der Waals surface area contributed by atoms with Crippen LogP contribution in [0.5, 0.6) is 0 Å². The lowest BCUT2D eigenvalue weighted by atomic mass is 10.00. The average Bonchev–Trinajstić information content (AvgIpc) is 2.56. The predicted octanol–water partition coefficient (Wildman–Crippen LogP) is 3.36. The van der Waals surface area contributed by atoms with E-state index in [0.29, 0.717) is 0 Å². The molecule has 1 fully saturated rings. The monoisotopic (exact) mass is 377 g/mol. The van der Waals surface area contributed by atoms with Crippen LogP contribution in [-0.2, 0) is 9.59 Å². The van der Waals surface area contributed by atoms with Crippen LogP contribution in [0.2, 0.25) is 0 Å². The molecule has 1 aliphatic rings. The van der Waals surface area contributed by atoms with Gasteiger partial charge in [0.2, 0.25) is 11.8 Å². The molecule has 2 rings (SSSR count). The quantitative estimate of drug-likeness (QED) is 0.715. The number of anilines is 1. The summed E-state index contributed by atoms with van der Waals surface area (Å²) >= 11 is 1.53. The number of rotatable bonds is 7. The van der Waals surface area contributed by atoms with Crippen molar-refractivity contribution >= 4 is 29.3 Å². The molecular weight excluding hydrogens is 346 g/mol. The number of hydrogen-bond donors (Lipinski definition) is 2. The first-order chi connectivity index (χ1) is 12.3. The lowest BCUT2D eigenvalue weighted by Gasteiger charge is -2.33. The van der Waals surface area contributed by atoms with E-state index in [0.717, 1.165) is 36.1 Å². The summed E-state index contributed by atoms with van der Waals surface area (Å²) in [5, 5.41) is 5.72. The molecule has 26 heavy (non-hydrogen) atoms. The summed E-state index contributed by atoms with van der Waals surface area (Å²) in [6.07, 6.45) is 2.56. The number of likely N-dealkylation sites (tertiary alicyclic amines) is 1. The van der Waals surface area contributed by atoms with Crippen LogP contribution < -0.4 is 10.6 Å². The van der Waals surface area contributed by atoms with Gasteiger partial charge in [0, 0.05) is 36.6 Å². The van der Waals surface area contributed by atoms with Gasteiger partial charge in [0.15, 0.2) is 0 Å². The minimum atomic E-state index is -0.163. The van der Waals surface area contributed by atoms with E-state index < -0.39 is 0 Å². The minimum Gasteiger partial charge on any atom is -0.351 e. The number of carbonyl (C=O) groups is 2. The fraction of sp³-hybridized carbons (Fsp3) is 0.600. The first-order valence-electron chi connectivity index (χ1n) is 9.40. The lowest BCUT2D eigenvalue weighted by molar-refractivity contribution is -0.121. The highest BCUT2D eigenvalue weighted by atomic mass is 32.2. The zero-order valence-corrected chi connectivity index (χ0v) is 17.1. The van der Waals surface area contributed by atoms with Crippen LogP contribution in [0.4, 0.5) is 5.69 Å².